The van der Waals surface area contributed by atoms with Crippen molar-refractivity contribution in [1.82, 2.24) is 14.9 Å². The zero-order valence-electron chi connectivity index (χ0n) is 16.6. The molecule has 2 aliphatic rings. The Hall–Kier alpha value is -2.80. The number of anilines is 1. The van der Waals surface area contributed by atoms with E-state index in [-0.39, 0.29) is 11.8 Å². The molecule has 0 aliphatic carbocycles. The van der Waals surface area contributed by atoms with E-state index in [0.29, 0.717) is 18.8 Å². The Bertz CT molecular complexity index is 992. The van der Waals surface area contributed by atoms with Crippen LogP contribution >= 0.6 is 11.3 Å². The molecule has 2 aromatic heterocycles. The van der Waals surface area contributed by atoms with E-state index in [0.717, 1.165) is 35.5 Å². The van der Waals surface area contributed by atoms with Crippen LogP contribution in [0.2, 0.25) is 0 Å². The number of carbonyl (C=O) groups is 2. The Morgan fingerprint density at radius 1 is 1.38 bits per heavy atom. The van der Waals surface area contributed by atoms with Crippen molar-refractivity contribution in [3.05, 3.63) is 57.7 Å². The van der Waals surface area contributed by atoms with Gasteiger partial charge in [-0.05, 0) is 36.1 Å². The summed E-state index contributed by atoms with van der Waals surface area (Å²) in [6.07, 6.45) is 11.5. The molecule has 0 fully saturated rings. The Kier molecular flexibility index (Phi) is 5.32. The number of amides is 2. The van der Waals surface area contributed by atoms with Crippen LogP contribution in [0.15, 0.2) is 41.6 Å². The maximum Gasteiger partial charge on any atom is 0.246 e. The minimum absolute atomic E-state index is 0.000835. The molecule has 0 saturated heterocycles. The fourth-order valence-corrected chi connectivity index (χ4v) is 4.25. The lowest BCUT2D eigenvalue weighted by atomic mass is 9.82. The molecule has 0 radical (unpaired) electrons. The number of thiazole rings is 1. The van der Waals surface area contributed by atoms with Crippen molar-refractivity contribution in [3.63, 3.8) is 0 Å². The molecule has 4 heterocycles. The van der Waals surface area contributed by atoms with E-state index in [4.69, 9.17) is 0 Å². The van der Waals surface area contributed by atoms with Gasteiger partial charge in [0.1, 0.15) is 5.82 Å². The van der Waals surface area contributed by atoms with E-state index in [1.807, 2.05) is 36.4 Å². The van der Waals surface area contributed by atoms with Crippen molar-refractivity contribution < 1.29 is 9.59 Å². The van der Waals surface area contributed by atoms with Gasteiger partial charge in [0.2, 0.25) is 11.8 Å². The number of hydrogen-bond donors (Lipinski definition) is 1. The third-order valence-corrected chi connectivity index (χ3v) is 6.14. The van der Waals surface area contributed by atoms with E-state index < -0.39 is 5.41 Å². The van der Waals surface area contributed by atoms with E-state index in [9.17, 15) is 9.59 Å². The summed E-state index contributed by atoms with van der Waals surface area (Å²) in [6, 6.07) is 2.00. The van der Waals surface area contributed by atoms with Gasteiger partial charge >= 0.3 is 0 Å². The predicted molar refractivity (Wildman–Crippen MR) is 114 cm³/mol. The highest BCUT2D eigenvalue weighted by Crippen LogP contribution is 2.32. The molecule has 0 spiro atoms. The third-order valence-electron chi connectivity index (χ3n) is 5.36. The molecule has 0 bridgehead atoms. The lowest BCUT2D eigenvalue weighted by molar-refractivity contribution is -0.126. The third kappa shape index (κ3) is 4.45. The summed E-state index contributed by atoms with van der Waals surface area (Å²) in [6.45, 7) is 5.20. The first-order chi connectivity index (χ1) is 13.9. The van der Waals surface area contributed by atoms with Gasteiger partial charge in [-0.25, -0.2) is 9.97 Å². The fraction of sp³-hybridized carbons (Fsp3) is 0.364. The quantitative estimate of drug-likeness (QED) is 0.621. The van der Waals surface area contributed by atoms with Crippen LogP contribution in [0.4, 0.5) is 5.82 Å². The first-order valence-corrected chi connectivity index (χ1v) is 10.6. The highest BCUT2D eigenvalue weighted by molar-refractivity contribution is 7.09. The molecule has 7 heteroatoms. The Labute approximate surface area is 174 Å². The van der Waals surface area contributed by atoms with Crippen molar-refractivity contribution in [2.75, 3.05) is 18.4 Å². The van der Waals surface area contributed by atoms with Gasteiger partial charge in [-0.2, -0.15) is 0 Å². The van der Waals surface area contributed by atoms with Crippen molar-refractivity contribution in [3.8, 4) is 0 Å². The van der Waals surface area contributed by atoms with Gasteiger partial charge < -0.3 is 10.2 Å². The molecule has 0 unspecified atom stereocenters. The second-order valence-electron chi connectivity index (χ2n) is 8.12. The number of fused-ring (bicyclic) bond motifs is 1. The van der Waals surface area contributed by atoms with E-state index >= 15 is 0 Å². The van der Waals surface area contributed by atoms with Crippen LogP contribution in [0, 0.1) is 5.41 Å². The molecule has 2 aliphatic heterocycles. The summed E-state index contributed by atoms with van der Waals surface area (Å²) in [5.41, 5.74) is 2.75. The summed E-state index contributed by atoms with van der Waals surface area (Å²) >= 11 is 1.67. The van der Waals surface area contributed by atoms with Crippen LogP contribution < -0.4 is 5.32 Å². The molecule has 2 aromatic rings. The largest absolute Gasteiger partial charge is 0.335 e. The maximum absolute atomic E-state index is 12.6. The van der Waals surface area contributed by atoms with Gasteiger partial charge in [0.15, 0.2) is 0 Å². The van der Waals surface area contributed by atoms with Crippen LogP contribution in [-0.2, 0) is 22.4 Å². The fourth-order valence-electron chi connectivity index (χ4n) is 3.58. The predicted octanol–water partition coefficient (Wildman–Crippen LogP) is 3.47. The SMILES string of the molecule is CC1(C)Cc2cc(C=CC(=O)N3CC=C(Cc4nccs4)CC3)cnc2NC1=O. The van der Waals surface area contributed by atoms with Crippen molar-refractivity contribution in [2.45, 2.75) is 33.1 Å². The molecule has 0 aromatic carbocycles. The number of pyridine rings is 1. The normalized spacial score (nSPS) is 18.3. The number of nitrogens with one attached hydrogen (secondary N) is 1. The zero-order valence-corrected chi connectivity index (χ0v) is 17.5. The number of rotatable bonds is 4. The van der Waals surface area contributed by atoms with Crippen LogP contribution in [0.5, 0.6) is 0 Å². The second kappa shape index (κ2) is 7.91. The summed E-state index contributed by atoms with van der Waals surface area (Å²) in [5, 5.41) is 5.96. The van der Waals surface area contributed by atoms with Crippen LogP contribution in [0.1, 0.15) is 36.4 Å². The van der Waals surface area contributed by atoms with Crippen molar-refractivity contribution >= 4 is 35.0 Å². The topological polar surface area (TPSA) is 75.2 Å². The van der Waals surface area contributed by atoms with Gasteiger partial charge in [0.25, 0.3) is 0 Å². The van der Waals surface area contributed by atoms with Gasteiger partial charge in [-0.15, -0.1) is 11.3 Å². The molecular weight excluding hydrogens is 384 g/mol. The molecule has 1 N–H and O–H groups in total. The highest BCUT2D eigenvalue weighted by atomic mass is 32.1. The minimum Gasteiger partial charge on any atom is -0.335 e. The van der Waals surface area contributed by atoms with Crippen molar-refractivity contribution in [1.29, 1.82) is 0 Å². The first-order valence-electron chi connectivity index (χ1n) is 9.74. The molecule has 6 nitrogen and oxygen atoms in total. The summed E-state index contributed by atoms with van der Waals surface area (Å²) in [5.74, 6) is 0.607. The molecule has 29 heavy (non-hydrogen) atoms. The Balaban J connectivity index is 1.38. The number of nitrogens with zero attached hydrogens (tertiary/aromatic N) is 3. The minimum atomic E-state index is -0.455. The molecule has 150 valence electrons. The Morgan fingerprint density at radius 3 is 2.97 bits per heavy atom. The van der Waals surface area contributed by atoms with Gasteiger partial charge in [-0.1, -0.05) is 25.5 Å². The average Bonchev–Trinajstić information content (AvgIpc) is 3.20. The van der Waals surface area contributed by atoms with Crippen LogP contribution in [0.25, 0.3) is 6.08 Å². The van der Waals surface area contributed by atoms with Gasteiger partial charge in [0.05, 0.1) is 5.01 Å². The Morgan fingerprint density at radius 2 is 2.24 bits per heavy atom. The second-order valence-corrected chi connectivity index (χ2v) is 9.10. The van der Waals surface area contributed by atoms with Gasteiger partial charge in [0, 0.05) is 48.8 Å². The number of hydrogen-bond acceptors (Lipinski definition) is 5. The monoisotopic (exact) mass is 408 g/mol. The molecule has 0 saturated carbocycles. The lowest BCUT2D eigenvalue weighted by Gasteiger charge is -2.29. The molecule has 0 atom stereocenters. The van der Waals surface area contributed by atoms with Gasteiger partial charge in [-0.3, -0.25) is 9.59 Å². The molecular formula is C22H24N4O2S. The summed E-state index contributed by atoms with van der Waals surface area (Å²) in [4.78, 5) is 35.1. The van der Waals surface area contributed by atoms with E-state index in [1.165, 1.54) is 5.57 Å². The average molecular weight is 409 g/mol. The van der Waals surface area contributed by atoms with E-state index in [1.54, 1.807) is 29.7 Å². The highest BCUT2D eigenvalue weighted by Gasteiger charge is 2.34. The number of aromatic nitrogens is 2. The maximum atomic E-state index is 12.6. The number of carbonyl (C=O) groups excluding carboxylic acids is 2. The summed E-state index contributed by atoms with van der Waals surface area (Å²) in [7, 11) is 0. The standard InChI is InChI=1S/C22H24N4O2S/c1-22(2)13-17-11-16(14-24-20(17)25-21(22)28)3-4-19(27)26-8-5-15(6-9-26)12-18-23-7-10-29-18/h3-5,7,10-11,14H,6,8-9,12-13H2,1-2H3,(H,24,25,28). The zero-order chi connectivity index (χ0) is 20.4. The molecule has 4 rings (SSSR count). The molecule has 2 amide bonds. The van der Waals surface area contributed by atoms with Crippen LogP contribution in [0.3, 0.4) is 0 Å². The lowest BCUT2D eigenvalue weighted by Crippen LogP contribution is -2.37. The first kappa shape index (κ1) is 19.5. The van der Waals surface area contributed by atoms with Crippen LogP contribution in [-0.4, -0.2) is 39.8 Å². The van der Waals surface area contributed by atoms with E-state index in [2.05, 4.69) is 21.4 Å². The smallest absolute Gasteiger partial charge is 0.246 e. The van der Waals surface area contributed by atoms with Crippen molar-refractivity contribution in [2.24, 2.45) is 5.41 Å². The summed E-state index contributed by atoms with van der Waals surface area (Å²) < 4.78 is 0.